The lowest BCUT2D eigenvalue weighted by Crippen LogP contribution is -2.35. The standard InChI is InChI=1S/C28H19ClN2O2/c29-21-14-12-20(13-15-21)25-26(30-17-16-19-7-2-4-10-23(19)30)28(33)31(27(25)32)24-11-5-8-18-6-1-3-9-22(18)24/h1-15H,16-17H2. The number of benzene rings is 4. The maximum atomic E-state index is 14.0. The van der Waals surface area contributed by atoms with Gasteiger partial charge < -0.3 is 4.90 Å². The Morgan fingerprint density at radius 2 is 1.39 bits per heavy atom. The zero-order chi connectivity index (χ0) is 22.5. The van der Waals surface area contributed by atoms with E-state index in [1.54, 1.807) is 24.3 Å². The largest absolute Gasteiger partial charge is 0.336 e. The van der Waals surface area contributed by atoms with Crippen LogP contribution in [0.5, 0.6) is 0 Å². The summed E-state index contributed by atoms with van der Waals surface area (Å²) >= 11 is 6.12. The van der Waals surface area contributed by atoms with Crippen molar-refractivity contribution < 1.29 is 9.59 Å². The molecule has 160 valence electrons. The number of rotatable bonds is 3. The van der Waals surface area contributed by atoms with Gasteiger partial charge in [-0.15, -0.1) is 0 Å². The van der Waals surface area contributed by atoms with E-state index in [0.29, 0.717) is 34.1 Å². The Hall–Kier alpha value is -3.89. The fourth-order valence-corrected chi connectivity index (χ4v) is 4.96. The van der Waals surface area contributed by atoms with Crippen molar-refractivity contribution in [3.8, 4) is 0 Å². The number of carbonyl (C=O) groups excluding carboxylic acids is 2. The van der Waals surface area contributed by atoms with E-state index >= 15 is 0 Å². The van der Waals surface area contributed by atoms with Crippen molar-refractivity contribution >= 4 is 51.1 Å². The molecule has 2 amide bonds. The molecule has 0 atom stereocenters. The molecule has 0 spiro atoms. The van der Waals surface area contributed by atoms with Crippen molar-refractivity contribution in [1.29, 1.82) is 0 Å². The SMILES string of the molecule is O=C1C(c2ccc(Cl)cc2)=C(N2CCc3ccccc32)C(=O)N1c1cccc2ccccc12. The third kappa shape index (κ3) is 3.06. The lowest BCUT2D eigenvalue weighted by atomic mass is 10.0. The molecule has 0 aromatic heterocycles. The van der Waals surface area contributed by atoms with Gasteiger partial charge in [-0.05, 0) is 47.2 Å². The molecule has 2 aliphatic heterocycles. The molecule has 0 unspecified atom stereocenters. The Kier molecular flexibility index (Phi) is 4.56. The van der Waals surface area contributed by atoms with Gasteiger partial charge in [0, 0.05) is 22.6 Å². The first-order valence-electron chi connectivity index (χ1n) is 10.9. The summed E-state index contributed by atoms with van der Waals surface area (Å²) in [6.45, 7) is 0.647. The molecule has 0 saturated carbocycles. The van der Waals surface area contributed by atoms with Crippen LogP contribution >= 0.6 is 11.6 Å². The maximum absolute atomic E-state index is 14.0. The highest BCUT2D eigenvalue weighted by Crippen LogP contribution is 2.41. The Balaban J connectivity index is 1.56. The molecule has 0 bridgehead atoms. The Morgan fingerprint density at radius 1 is 0.697 bits per heavy atom. The van der Waals surface area contributed by atoms with E-state index in [0.717, 1.165) is 22.9 Å². The van der Waals surface area contributed by atoms with E-state index in [-0.39, 0.29) is 11.8 Å². The van der Waals surface area contributed by atoms with Gasteiger partial charge in [0.2, 0.25) is 0 Å². The molecule has 5 heteroatoms. The summed E-state index contributed by atoms with van der Waals surface area (Å²) < 4.78 is 0. The van der Waals surface area contributed by atoms with Crippen molar-refractivity contribution in [1.82, 2.24) is 0 Å². The van der Waals surface area contributed by atoms with Crippen molar-refractivity contribution in [3.05, 3.63) is 113 Å². The number of carbonyl (C=O) groups is 2. The molecule has 0 aliphatic carbocycles. The molecule has 2 aliphatic rings. The van der Waals surface area contributed by atoms with Crippen molar-refractivity contribution in [2.45, 2.75) is 6.42 Å². The Bertz CT molecular complexity index is 1470. The normalized spacial score (nSPS) is 15.7. The number of para-hydroxylation sites is 1. The van der Waals surface area contributed by atoms with E-state index in [9.17, 15) is 9.59 Å². The molecule has 0 radical (unpaired) electrons. The molecule has 6 rings (SSSR count). The second-order valence-electron chi connectivity index (χ2n) is 8.20. The van der Waals surface area contributed by atoms with Gasteiger partial charge in [0.25, 0.3) is 11.8 Å². The van der Waals surface area contributed by atoms with Crippen LogP contribution in [0.3, 0.4) is 0 Å². The number of hydrogen-bond acceptors (Lipinski definition) is 3. The van der Waals surface area contributed by atoms with Gasteiger partial charge in [0.15, 0.2) is 0 Å². The molecule has 2 heterocycles. The predicted molar refractivity (Wildman–Crippen MR) is 132 cm³/mol. The Labute approximate surface area is 196 Å². The van der Waals surface area contributed by atoms with Crippen molar-refractivity contribution in [3.63, 3.8) is 0 Å². The molecular formula is C28H19ClN2O2. The first kappa shape index (κ1) is 19.8. The van der Waals surface area contributed by atoms with E-state index in [2.05, 4.69) is 6.07 Å². The molecular weight excluding hydrogens is 432 g/mol. The van der Waals surface area contributed by atoms with Gasteiger partial charge in [0.1, 0.15) is 5.70 Å². The van der Waals surface area contributed by atoms with E-state index in [1.165, 1.54) is 10.5 Å². The topological polar surface area (TPSA) is 40.6 Å². The molecule has 0 saturated heterocycles. The zero-order valence-electron chi connectivity index (χ0n) is 17.7. The first-order valence-corrected chi connectivity index (χ1v) is 11.2. The first-order chi connectivity index (χ1) is 16.1. The fraction of sp³-hybridized carbons (Fsp3) is 0.0714. The van der Waals surface area contributed by atoms with Gasteiger partial charge in [-0.3, -0.25) is 9.59 Å². The monoisotopic (exact) mass is 450 g/mol. The summed E-state index contributed by atoms with van der Waals surface area (Å²) in [6, 6.07) is 28.6. The van der Waals surface area contributed by atoms with Crippen LogP contribution < -0.4 is 9.80 Å². The minimum absolute atomic E-state index is 0.307. The van der Waals surface area contributed by atoms with E-state index in [1.807, 2.05) is 65.6 Å². The van der Waals surface area contributed by atoms with Gasteiger partial charge >= 0.3 is 0 Å². The summed E-state index contributed by atoms with van der Waals surface area (Å²) in [5, 5.41) is 2.42. The van der Waals surface area contributed by atoms with Crippen molar-refractivity contribution in [2.75, 3.05) is 16.3 Å². The number of halogens is 1. The van der Waals surface area contributed by atoms with Crippen LogP contribution in [0, 0.1) is 0 Å². The summed E-state index contributed by atoms with van der Waals surface area (Å²) in [7, 11) is 0. The highest BCUT2D eigenvalue weighted by molar-refractivity contribution is 6.47. The predicted octanol–water partition coefficient (Wildman–Crippen LogP) is 5.84. The third-order valence-electron chi connectivity index (χ3n) is 6.36. The zero-order valence-corrected chi connectivity index (χ0v) is 18.4. The van der Waals surface area contributed by atoms with Crippen LogP contribution in [0.15, 0.2) is 96.7 Å². The van der Waals surface area contributed by atoms with E-state index < -0.39 is 0 Å². The van der Waals surface area contributed by atoms with Crippen LogP contribution in [0.4, 0.5) is 11.4 Å². The lowest BCUT2D eigenvalue weighted by molar-refractivity contribution is -0.120. The summed E-state index contributed by atoms with van der Waals surface area (Å²) in [5.74, 6) is -0.629. The highest BCUT2D eigenvalue weighted by Gasteiger charge is 2.44. The second-order valence-corrected chi connectivity index (χ2v) is 8.64. The fourth-order valence-electron chi connectivity index (χ4n) is 4.84. The Morgan fingerprint density at radius 3 is 2.24 bits per heavy atom. The number of hydrogen-bond donors (Lipinski definition) is 0. The summed E-state index contributed by atoms with van der Waals surface area (Å²) in [4.78, 5) is 31.2. The average molecular weight is 451 g/mol. The molecule has 0 fully saturated rings. The van der Waals surface area contributed by atoms with Crippen LogP contribution in [-0.2, 0) is 16.0 Å². The quantitative estimate of drug-likeness (QED) is 0.368. The number of anilines is 2. The van der Waals surface area contributed by atoms with Crippen molar-refractivity contribution in [2.24, 2.45) is 0 Å². The number of fused-ring (bicyclic) bond motifs is 2. The van der Waals surface area contributed by atoms with Gasteiger partial charge in [-0.25, -0.2) is 4.90 Å². The van der Waals surface area contributed by atoms with Gasteiger partial charge in [-0.1, -0.05) is 78.3 Å². The molecule has 33 heavy (non-hydrogen) atoms. The molecule has 4 nitrogen and oxygen atoms in total. The minimum atomic E-state index is -0.321. The smallest absolute Gasteiger partial charge is 0.282 e. The van der Waals surface area contributed by atoms with Crippen LogP contribution in [-0.4, -0.2) is 18.4 Å². The molecule has 4 aromatic rings. The second kappa shape index (κ2) is 7.61. The molecule has 4 aromatic carbocycles. The maximum Gasteiger partial charge on any atom is 0.282 e. The number of imide groups is 1. The lowest BCUT2D eigenvalue weighted by Gasteiger charge is -2.22. The average Bonchev–Trinajstić information content (AvgIpc) is 3.37. The molecule has 0 N–H and O–H groups in total. The van der Waals surface area contributed by atoms with Gasteiger partial charge in [0.05, 0.1) is 11.3 Å². The third-order valence-corrected chi connectivity index (χ3v) is 6.61. The number of amides is 2. The number of nitrogens with zero attached hydrogens (tertiary/aromatic N) is 2. The van der Waals surface area contributed by atoms with E-state index in [4.69, 9.17) is 11.6 Å². The van der Waals surface area contributed by atoms with Crippen LogP contribution in [0.2, 0.25) is 5.02 Å². The highest BCUT2D eigenvalue weighted by atomic mass is 35.5. The minimum Gasteiger partial charge on any atom is -0.336 e. The van der Waals surface area contributed by atoms with Gasteiger partial charge in [-0.2, -0.15) is 0 Å². The van der Waals surface area contributed by atoms with Crippen LogP contribution in [0.1, 0.15) is 11.1 Å². The van der Waals surface area contributed by atoms with Crippen LogP contribution in [0.25, 0.3) is 16.3 Å². The summed E-state index contributed by atoms with van der Waals surface area (Å²) in [6.07, 6.45) is 0.823. The summed E-state index contributed by atoms with van der Waals surface area (Å²) in [5.41, 5.74) is 4.24.